The standard InChI is InChI=1S/C12H14N2OS/c1-3-10-7-11(14(2)13-10)12(15)6-9-4-5-16-8-9/h4-5,7-8H,3,6H2,1-2H3. The minimum atomic E-state index is 0.133. The molecule has 2 heterocycles. The Morgan fingerprint density at radius 3 is 2.94 bits per heavy atom. The third-order valence-corrected chi connectivity index (χ3v) is 3.26. The Balaban J connectivity index is 2.17. The van der Waals surface area contributed by atoms with Gasteiger partial charge in [0, 0.05) is 13.5 Å². The van der Waals surface area contributed by atoms with E-state index in [0.29, 0.717) is 12.1 Å². The molecule has 0 fully saturated rings. The number of thiophene rings is 1. The number of carbonyl (C=O) groups excluding carboxylic acids is 1. The molecule has 0 aromatic carbocycles. The first-order valence-corrected chi connectivity index (χ1v) is 6.22. The largest absolute Gasteiger partial charge is 0.292 e. The number of carbonyl (C=O) groups is 1. The monoisotopic (exact) mass is 234 g/mol. The highest BCUT2D eigenvalue weighted by molar-refractivity contribution is 7.08. The van der Waals surface area contributed by atoms with E-state index in [-0.39, 0.29) is 5.78 Å². The molecule has 0 N–H and O–H groups in total. The third kappa shape index (κ3) is 2.22. The van der Waals surface area contributed by atoms with E-state index >= 15 is 0 Å². The number of aryl methyl sites for hydroxylation is 2. The number of rotatable bonds is 4. The second-order valence-electron chi connectivity index (χ2n) is 3.73. The molecule has 84 valence electrons. The molecule has 2 rings (SSSR count). The molecular formula is C12H14N2OS. The summed E-state index contributed by atoms with van der Waals surface area (Å²) in [5, 5.41) is 8.28. The van der Waals surface area contributed by atoms with E-state index in [9.17, 15) is 4.79 Å². The summed E-state index contributed by atoms with van der Waals surface area (Å²) in [5.41, 5.74) is 2.74. The van der Waals surface area contributed by atoms with Crippen molar-refractivity contribution in [1.29, 1.82) is 0 Å². The Labute approximate surface area is 98.7 Å². The van der Waals surface area contributed by atoms with Crippen LogP contribution in [0.2, 0.25) is 0 Å². The Bertz CT molecular complexity index is 485. The van der Waals surface area contributed by atoms with Gasteiger partial charge in [-0.05, 0) is 34.9 Å². The fourth-order valence-corrected chi connectivity index (χ4v) is 2.30. The van der Waals surface area contributed by atoms with Crippen molar-refractivity contribution in [2.45, 2.75) is 19.8 Å². The fourth-order valence-electron chi connectivity index (χ4n) is 1.63. The lowest BCUT2D eigenvalue weighted by molar-refractivity contribution is 0.0984. The Morgan fingerprint density at radius 2 is 2.38 bits per heavy atom. The van der Waals surface area contributed by atoms with Crippen molar-refractivity contribution in [3.8, 4) is 0 Å². The van der Waals surface area contributed by atoms with Gasteiger partial charge in [0.25, 0.3) is 0 Å². The maximum absolute atomic E-state index is 12.0. The Kier molecular flexibility index (Phi) is 3.19. The first-order chi connectivity index (χ1) is 7.70. The van der Waals surface area contributed by atoms with Crippen LogP contribution in [0.1, 0.15) is 28.7 Å². The minimum Gasteiger partial charge on any atom is -0.292 e. The lowest BCUT2D eigenvalue weighted by Gasteiger charge is -1.98. The lowest BCUT2D eigenvalue weighted by atomic mass is 10.1. The second-order valence-corrected chi connectivity index (χ2v) is 4.51. The van der Waals surface area contributed by atoms with Crippen molar-refractivity contribution < 1.29 is 4.79 Å². The molecule has 2 aromatic rings. The number of hydrogen-bond acceptors (Lipinski definition) is 3. The molecule has 0 saturated carbocycles. The van der Waals surface area contributed by atoms with Crippen LogP contribution in [-0.2, 0) is 19.9 Å². The van der Waals surface area contributed by atoms with Crippen molar-refractivity contribution in [2.24, 2.45) is 7.05 Å². The molecule has 16 heavy (non-hydrogen) atoms. The average molecular weight is 234 g/mol. The highest BCUT2D eigenvalue weighted by Gasteiger charge is 2.13. The molecule has 2 aromatic heterocycles. The van der Waals surface area contributed by atoms with Gasteiger partial charge in [-0.3, -0.25) is 9.48 Å². The number of Topliss-reactive ketones (excluding diaryl/α,β-unsaturated/α-hetero) is 1. The zero-order valence-electron chi connectivity index (χ0n) is 9.43. The Hall–Kier alpha value is -1.42. The zero-order valence-corrected chi connectivity index (χ0v) is 10.3. The number of aromatic nitrogens is 2. The van der Waals surface area contributed by atoms with Crippen LogP contribution in [0.15, 0.2) is 22.9 Å². The SMILES string of the molecule is CCc1cc(C(=O)Cc2ccsc2)n(C)n1. The summed E-state index contributed by atoms with van der Waals surface area (Å²) in [6.45, 7) is 2.04. The van der Waals surface area contributed by atoms with E-state index in [4.69, 9.17) is 0 Å². The van der Waals surface area contributed by atoms with E-state index in [1.54, 1.807) is 16.0 Å². The summed E-state index contributed by atoms with van der Waals surface area (Å²) >= 11 is 1.62. The topological polar surface area (TPSA) is 34.9 Å². The molecule has 0 aliphatic carbocycles. The number of ketones is 1. The van der Waals surface area contributed by atoms with Crippen LogP contribution < -0.4 is 0 Å². The van der Waals surface area contributed by atoms with Crippen LogP contribution in [-0.4, -0.2) is 15.6 Å². The van der Waals surface area contributed by atoms with Gasteiger partial charge in [0.05, 0.1) is 5.69 Å². The van der Waals surface area contributed by atoms with Gasteiger partial charge in [-0.25, -0.2) is 0 Å². The summed E-state index contributed by atoms with van der Waals surface area (Å²) in [6.07, 6.45) is 1.33. The van der Waals surface area contributed by atoms with E-state index in [1.807, 2.05) is 36.9 Å². The molecule has 3 nitrogen and oxygen atoms in total. The van der Waals surface area contributed by atoms with E-state index in [0.717, 1.165) is 17.7 Å². The van der Waals surface area contributed by atoms with Gasteiger partial charge in [0.1, 0.15) is 5.69 Å². The van der Waals surface area contributed by atoms with Gasteiger partial charge < -0.3 is 0 Å². The van der Waals surface area contributed by atoms with Gasteiger partial charge in [-0.15, -0.1) is 0 Å². The van der Waals surface area contributed by atoms with Crippen molar-refractivity contribution in [3.63, 3.8) is 0 Å². The maximum atomic E-state index is 12.0. The molecule has 4 heteroatoms. The smallest absolute Gasteiger partial charge is 0.185 e. The maximum Gasteiger partial charge on any atom is 0.185 e. The van der Waals surface area contributed by atoms with Crippen molar-refractivity contribution in [2.75, 3.05) is 0 Å². The first kappa shape index (κ1) is 11.1. The molecule has 0 bridgehead atoms. The number of nitrogens with zero attached hydrogens (tertiary/aromatic N) is 2. The lowest BCUT2D eigenvalue weighted by Crippen LogP contribution is -2.09. The van der Waals surface area contributed by atoms with E-state index < -0.39 is 0 Å². The van der Waals surface area contributed by atoms with Gasteiger partial charge in [-0.2, -0.15) is 16.4 Å². The molecule has 0 aliphatic rings. The van der Waals surface area contributed by atoms with Crippen LogP contribution in [0.5, 0.6) is 0 Å². The van der Waals surface area contributed by atoms with Crippen LogP contribution in [0.3, 0.4) is 0 Å². The summed E-state index contributed by atoms with van der Waals surface area (Å²) < 4.78 is 1.67. The summed E-state index contributed by atoms with van der Waals surface area (Å²) in [5.74, 6) is 0.133. The van der Waals surface area contributed by atoms with Gasteiger partial charge >= 0.3 is 0 Å². The molecular weight excluding hydrogens is 220 g/mol. The summed E-state index contributed by atoms with van der Waals surface area (Å²) in [6, 6.07) is 3.87. The highest BCUT2D eigenvalue weighted by Crippen LogP contribution is 2.11. The van der Waals surface area contributed by atoms with E-state index in [1.165, 1.54) is 0 Å². The van der Waals surface area contributed by atoms with E-state index in [2.05, 4.69) is 5.10 Å². The average Bonchev–Trinajstić information content (AvgIpc) is 2.87. The van der Waals surface area contributed by atoms with Crippen molar-refractivity contribution in [1.82, 2.24) is 9.78 Å². The summed E-state index contributed by atoms with van der Waals surface area (Å²) in [4.78, 5) is 12.0. The predicted octanol–water partition coefficient (Wildman–Crippen LogP) is 2.47. The van der Waals surface area contributed by atoms with Crippen LogP contribution in [0, 0.1) is 0 Å². The Morgan fingerprint density at radius 1 is 1.56 bits per heavy atom. The zero-order chi connectivity index (χ0) is 11.5. The van der Waals surface area contributed by atoms with Gasteiger partial charge in [0.15, 0.2) is 5.78 Å². The van der Waals surface area contributed by atoms with Crippen LogP contribution in [0.4, 0.5) is 0 Å². The second kappa shape index (κ2) is 4.61. The van der Waals surface area contributed by atoms with Crippen LogP contribution in [0.25, 0.3) is 0 Å². The van der Waals surface area contributed by atoms with Crippen molar-refractivity contribution in [3.05, 3.63) is 39.8 Å². The number of hydrogen-bond donors (Lipinski definition) is 0. The highest BCUT2D eigenvalue weighted by atomic mass is 32.1. The normalized spacial score (nSPS) is 10.6. The molecule has 0 spiro atoms. The molecule has 0 radical (unpaired) electrons. The first-order valence-electron chi connectivity index (χ1n) is 5.28. The molecule has 0 atom stereocenters. The molecule has 0 unspecified atom stereocenters. The molecule has 0 aliphatic heterocycles. The quantitative estimate of drug-likeness (QED) is 0.762. The third-order valence-electron chi connectivity index (χ3n) is 2.52. The van der Waals surface area contributed by atoms with Gasteiger partial charge in [-0.1, -0.05) is 6.92 Å². The minimum absolute atomic E-state index is 0.133. The molecule has 0 saturated heterocycles. The molecule has 0 amide bonds. The fraction of sp³-hybridized carbons (Fsp3) is 0.333. The van der Waals surface area contributed by atoms with Crippen LogP contribution >= 0.6 is 11.3 Å². The summed E-state index contributed by atoms with van der Waals surface area (Å²) in [7, 11) is 1.82. The predicted molar refractivity (Wildman–Crippen MR) is 64.9 cm³/mol. The van der Waals surface area contributed by atoms with Gasteiger partial charge in [0.2, 0.25) is 0 Å². The van der Waals surface area contributed by atoms with Crippen molar-refractivity contribution >= 4 is 17.1 Å².